The van der Waals surface area contributed by atoms with Gasteiger partial charge in [-0.05, 0) is 29.5 Å². The fourth-order valence-corrected chi connectivity index (χ4v) is 2.58. The van der Waals surface area contributed by atoms with Crippen molar-refractivity contribution in [2.75, 3.05) is 25.0 Å². The molecule has 2 atom stereocenters. The minimum atomic E-state index is 0.0311. The lowest BCUT2D eigenvalue weighted by molar-refractivity contribution is -0.117. The monoisotopic (exact) mass is 275 g/mol. The zero-order valence-electron chi connectivity index (χ0n) is 12.6. The number of carbonyl (C=O) groups is 1. The van der Waals surface area contributed by atoms with Crippen molar-refractivity contribution in [2.24, 2.45) is 11.7 Å². The van der Waals surface area contributed by atoms with Crippen LogP contribution in [0.15, 0.2) is 24.3 Å². The summed E-state index contributed by atoms with van der Waals surface area (Å²) in [6, 6.07) is 8.24. The van der Waals surface area contributed by atoms with Crippen molar-refractivity contribution in [3.8, 4) is 0 Å². The van der Waals surface area contributed by atoms with E-state index in [9.17, 15) is 4.79 Å². The Morgan fingerprint density at radius 1 is 1.35 bits per heavy atom. The zero-order chi connectivity index (χ0) is 14.7. The van der Waals surface area contributed by atoms with Crippen molar-refractivity contribution in [3.63, 3.8) is 0 Å². The summed E-state index contributed by atoms with van der Waals surface area (Å²) in [4.78, 5) is 14.1. The Morgan fingerprint density at radius 2 is 2.00 bits per heavy atom. The van der Waals surface area contributed by atoms with Crippen LogP contribution in [0.5, 0.6) is 0 Å². The largest absolute Gasteiger partial charge is 0.326 e. The Kier molecular flexibility index (Phi) is 4.78. The maximum absolute atomic E-state index is 12.0. The minimum Gasteiger partial charge on any atom is -0.326 e. The van der Waals surface area contributed by atoms with E-state index in [2.05, 4.69) is 43.1 Å². The molecule has 4 nitrogen and oxygen atoms in total. The molecule has 0 bridgehead atoms. The molecule has 0 aliphatic carbocycles. The molecule has 1 amide bonds. The van der Waals surface area contributed by atoms with Crippen LogP contribution < -0.4 is 11.1 Å². The van der Waals surface area contributed by atoms with Crippen LogP contribution in [0.1, 0.15) is 32.3 Å². The van der Waals surface area contributed by atoms with Gasteiger partial charge < -0.3 is 11.1 Å². The number of nitrogens with two attached hydrogens (primary N) is 1. The van der Waals surface area contributed by atoms with E-state index < -0.39 is 0 Å². The molecule has 2 unspecified atom stereocenters. The highest BCUT2D eigenvalue weighted by Crippen LogP contribution is 2.18. The van der Waals surface area contributed by atoms with E-state index in [1.54, 1.807) is 0 Å². The van der Waals surface area contributed by atoms with Gasteiger partial charge in [-0.2, -0.15) is 0 Å². The Balaban J connectivity index is 1.85. The van der Waals surface area contributed by atoms with Crippen LogP contribution in [-0.2, 0) is 4.79 Å². The number of hydrogen-bond acceptors (Lipinski definition) is 3. The predicted molar refractivity (Wildman–Crippen MR) is 82.7 cm³/mol. The quantitative estimate of drug-likeness (QED) is 0.884. The van der Waals surface area contributed by atoms with E-state index in [0.29, 0.717) is 18.4 Å². The van der Waals surface area contributed by atoms with Gasteiger partial charge in [-0.1, -0.05) is 32.9 Å². The molecule has 1 fully saturated rings. The molecular formula is C16H25N3O. The van der Waals surface area contributed by atoms with Crippen LogP contribution in [-0.4, -0.2) is 36.5 Å². The summed E-state index contributed by atoms with van der Waals surface area (Å²) < 4.78 is 0. The summed E-state index contributed by atoms with van der Waals surface area (Å²) in [5.41, 5.74) is 8.11. The second kappa shape index (κ2) is 6.37. The van der Waals surface area contributed by atoms with Gasteiger partial charge in [0.15, 0.2) is 0 Å². The molecule has 1 saturated heterocycles. The van der Waals surface area contributed by atoms with Crippen LogP contribution in [0.2, 0.25) is 0 Å². The van der Waals surface area contributed by atoms with Crippen molar-refractivity contribution < 1.29 is 4.79 Å². The number of anilines is 1. The second-order valence-corrected chi connectivity index (χ2v) is 6.16. The summed E-state index contributed by atoms with van der Waals surface area (Å²) >= 11 is 0. The second-order valence-electron chi connectivity index (χ2n) is 6.16. The average Bonchev–Trinajstić information content (AvgIpc) is 2.68. The van der Waals surface area contributed by atoms with E-state index in [1.807, 2.05) is 12.1 Å². The van der Waals surface area contributed by atoms with Crippen molar-refractivity contribution in [1.29, 1.82) is 0 Å². The van der Waals surface area contributed by atoms with E-state index in [4.69, 9.17) is 5.73 Å². The molecule has 2 rings (SSSR count). The molecule has 1 heterocycles. The van der Waals surface area contributed by atoms with Gasteiger partial charge in [0.25, 0.3) is 0 Å². The maximum Gasteiger partial charge on any atom is 0.238 e. The molecule has 0 spiro atoms. The first-order valence-corrected chi connectivity index (χ1v) is 7.33. The third-order valence-corrected chi connectivity index (χ3v) is 3.97. The highest BCUT2D eigenvalue weighted by atomic mass is 16.2. The zero-order valence-corrected chi connectivity index (χ0v) is 12.6. The Morgan fingerprint density at radius 3 is 2.50 bits per heavy atom. The number of hydrogen-bond donors (Lipinski definition) is 2. The van der Waals surface area contributed by atoms with E-state index >= 15 is 0 Å². The number of nitrogens with one attached hydrogen (secondary N) is 1. The molecule has 1 aromatic rings. The standard InChI is InChI=1S/C16H25N3O/c1-11(2)13-4-6-14(7-5-13)18-16(20)10-19-8-12(3)15(17)9-19/h4-7,11-12,15H,8-10,17H2,1-3H3,(H,18,20). The lowest BCUT2D eigenvalue weighted by atomic mass is 10.0. The first kappa shape index (κ1) is 15.0. The molecule has 0 saturated carbocycles. The molecule has 1 aromatic carbocycles. The van der Waals surface area contributed by atoms with E-state index in [0.717, 1.165) is 18.8 Å². The smallest absolute Gasteiger partial charge is 0.238 e. The normalized spacial score (nSPS) is 23.2. The number of benzene rings is 1. The Labute approximate surface area is 121 Å². The number of likely N-dealkylation sites (tertiary alicyclic amines) is 1. The summed E-state index contributed by atoms with van der Waals surface area (Å²) in [6.07, 6.45) is 0. The third kappa shape index (κ3) is 3.81. The Bertz CT molecular complexity index is 445. The van der Waals surface area contributed by atoms with Gasteiger partial charge in [0.05, 0.1) is 6.54 Å². The molecule has 0 aromatic heterocycles. The first-order chi connectivity index (χ1) is 9.45. The molecule has 1 aliphatic heterocycles. The lowest BCUT2D eigenvalue weighted by Crippen LogP contribution is -2.33. The third-order valence-electron chi connectivity index (χ3n) is 3.97. The first-order valence-electron chi connectivity index (χ1n) is 7.33. The van der Waals surface area contributed by atoms with Crippen LogP contribution in [0.4, 0.5) is 5.69 Å². The van der Waals surface area contributed by atoms with Crippen LogP contribution in [0.25, 0.3) is 0 Å². The van der Waals surface area contributed by atoms with Gasteiger partial charge in [0.1, 0.15) is 0 Å². The van der Waals surface area contributed by atoms with Crippen molar-refractivity contribution >= 4 is 11.6 Å². The summed E-state index contributed by atoms with van der Waals surface area (Å²) in [5.74, 6) is 1.00. The Hall–Kier alpha value is -1.39. The average molecular weight is 275 g/mol. The molecule has 4 heteroatoms. The fourth-order valence-electron chi connectivity index (χ4n) is 2.58. The highest BCUT2D eigenvalue weighted by Gasteiger charge is 2.27. The van der Waals surface area contributed by atoms with E-state index in [-0.39, 0.29) is 11.9 Å². The molecule has 110 valence electrons. The predicted octanol–water partition coefficient (Wildman–Crippen LogP) is 2.03. The minimum absolute atomic E-state index is 0.0311. The lowest BCUT2D eigenvalue weighted by Gasteiger charge is -2.15. The molecule has 0 radical (unpaired) electrons. The maximum atomic E-state index is 12.0. The van der Waals surface area contributed by atoms with E-state index in [1.165, 1.54) is 5.56 Å². The van der Waals surface area contributed by atoms with Crippen molar-refractivity contribution in [2.45, 2.75) is 32.7 Å². The van der Waals surface area contributed by atoms with Crippen molar-refractivity contribution in [1.82, 2.24) is 4.90 Å². The number of rotatable bonds is 4. The van der Waals surface area contributed by atoms with Gasteiger partial charge in [-0.15, -0.1) is 0 Å². The summed E-state index contributed by atoms with van der Waals surface area (Å²) in [5, 5.41) is 2.94. The summed E-state index contributed by atoms with van der Waals surface area (Å²) in [7, 11) is 0. The van der Waals surface area contributed by atoms with Gasteiger partial charge in [0, 0.05) is 24.8 Å². The van der Waals surface area contributed by atoms with Gasteiger partial charge >= 0.3 is 0 Å². The van der Waals surface area contributed by atoms with Crippen LogP contribution in [0.3, 0.4) is 0 Å². The number of amides is 1. The highest BCUT2D eigenvalue weighted by molar-refractivity contribution is 5.92. The van der Waals surface area contributed by atoms with Gasteiger partial charge in [0.2, 0.25) is 5.91 Å². The fraction of sp³-hybridized carbons (Fsp3) is 0.562. The molecule has 3 N–H and O–H groups in total. The molecule has 1 aliphatic rings. The summed E-state index contributed by atoms with van der Waals surface area (Å²) in [6.45, 7) is 8.58. The number of carbonyl (C=O) groups excluding carboxylic acids is 1. The topological polar surface area (TPSA) is 58.4 Å². The molecular weight excluding hydrogens is 250 g/mol. The number of nitrogens with zero attached hydrogens (tertiary/aromatic N) is 1. The SMILES string of the molecule is CC(C)c1ccc(NC(=O)CN2CC(C)C(N)C2)cc1. The van der Waals surface area contributed by atoms with Crippen LogP contribution >= 0.6 is 0 Å². The van der Waals surface area contributed by atoms with Crippen molar-refractivity contribution in [3.05, 3.63) is 29.8 Å². The van der Waals surface area contributed by atoms with Gasteiger partial charge in [-0.3, -0.25) is 9.69 Å². The van der Waals surface area contributed by atoms with Crippen LogP contribution in [0, 0.1) is 5.92 Å². The van der Waals surface area contributed by atoms with Gasteiger partial charge in [-0.25, -0.2) is 0 Å². The molecule has 20 heavy (non-hydrogen) atoms.